The number of benzene rings is 1. The van der Waals surface area contributed by atoms with Gasteiger partial charge in [0.15, 0.2) is 0 Å². The molecule has 0 atom stereocenters. The summed E-state index contributed by atoms with van der Waals surface area (Å²) in [6.45, 7) is 3.91. The lowest BCUT2D eigenvalue weighted by atomic mass is 10.1. The van der Waals surface area contributed by atoms with Gasteiger partial charge in [-0.05, 0) is 37.1 Å². The normalized spacial score (nSPS) is 10.1. The molecule has 0 fully saturated rings. The zero-order valence-electron chi connectivity index (χ0n) is 10.9. The van der Waals surface area contributed by atoms with Gasteiger partial charge in [-0.15, -0.1) is 0 Å². The molecule has 1 amide bonds. The van der Waals surface area contributed by atoms with Crippen molar-refractivity contribution in [2.75, 3.05) is 10.7 Å². The summed E-state index contributed by atoms with van der Waals surface area (Å²) >= 11 is 0. The molecule has 5 nitrogen and oxygen atoms in total. The van der Waals surface area contributed by atoms with Crippen molar-refractivity contribution in [2.45, 2.75) is 13.8 Å². The van der Waals surface area contributed by atoms with E-state index in [0.29, 0.717) is 11.4 Å². The Bertz CT molecular complexity index is 573. The van der Waals surface area contributed by atoms with Crippen LogP contribution in [0.15, 0.2) is 36.5 Å². The van der Waals surface area contributed by atoms with Crippen LogP contribution in [0, 0.1) is 13.8 Å². The number of hydrogen-bond acceptors (Lipinski definition) is 4. The van der Waals surface area contributed by atoms with Gasteiger partial charge in [-0.2, -0.15) is 0 Å². The first-order valence-corrected chi connectivity index (χ1v) is 5.92. The first kappa shape index (κ1) is 13.0. The molecule has 0 saturated carbocycles. The van der Waals surface area contributed by atoms with E-state index >= 15 is 0 Å². The Labute approximate surface area is 111 Å². The third-order valence-electron chi connectivity index (χ3n) is 2.88. The highest BCUT2D eigenvalue weighted by Gasteiger charge is 2.10. The number of para-hydroxylation sites is 1. The fourth-order valence-corrected chi connectivity index (χ4v) is 1.80. The maximum absolute atomic E-state index is 12.1. The number of rotatable bonds is 3. The summed E-state index contributed by atoms with van der Waals surface area (Å²) in [6.07, 6.45) is 1.51. The monoisotopic (exact) mass is 256 g/mol. The fourth-order valence-electron chi connectivity index (χ4n) is 1.80. The van der Waals surface area contributed by atoms with Crippen LogP contribution in [0.5, 0.6) is 0 Å². The summed E-state index contributed by atoms with van der Waals surface area (Å²) in [5.74, 6) is 5.01. The minimum Gasteiger partial charge on any atom is -0.323 e. The molecular weight excluding hydrogens is 240 g/mol. The maximum Gasteiger partial charge on any atom is 0.274 e. The van der Waals surface area contributed by atoms with Crippen LogP contribution in [0.4, 0.5) is 11.4 Å². The molecule has 0 radical (unpaired) electrons. The lowest BCUT2D eigenvalue weighted by Crippen LogP contribution is -2.15. The van der Waals surface area contributed by atoms with Crippen molar-refractivity contribution in [2.24, 2.45) is 5.84 Å². The van der Waals surface area contributed by atoms with E-state index in [1.807, 2.05) is 32.0 Å². The number of nitrogens with zero attached hydrogens (tertiary/aromatic N) is 1. The molecule has 1 heterocycles. The number of hydrogen-bond donors (Lipinski definition) is 3. The van der Waals surface area contributed by atoms with Gasteiger partial charge in [-0.1, -0.05) is 18.2 Å². The standard InChI is InChI=1S/C14H16N4O/c1-9-4-3-5-10(2)13(9)17-14(19)12-7-6-11(18-15)8-16-12/h3-8,18H,15H2,1-2H3,(H,17,19). The van der Waals surface area contributed by atoms with Crippen molar-refractivity contribution in [1.82, 2.24) is 4.98 Å². The number of nitrogen functional groups attached to an aromatic ring is 1. The highest BCUT2D eigenvalue weighted by atomic mass is 16.1. The summed E-state index contributed by atoms with van der Waals surface area (Å²) in [5, 5.41) is 2.88. The molecular formula is C14H16N4O. The van der Waals surface area contributed by atoms with E-state index in [4.69, 9.17) is 5.84 Å². The molecule has 0 unspecified atom stereocenters. The predicted octanol–water partition coefficient (Wildman–Crippen LogP) is 2.24. The number of amides is 1. The molecule has 0 bridgehead atoms. The van der Waals surface area contributed by atoms with Gasteiger partial charge in [0.05, 0.1) is 11.9 Å². The van der Waals surface area contributed by atoms with Gasteiger partial charge in [0.1, 0.15) is 5.69 Å². The lowest BCUT2D eigenvalue weighted by molar-refractivity contribution is 0.102. The lowest BCUT2D eigenvalue weighted by Gasteiger charge is -2.11. The van der Waals surface area contributed by atoms with Gasteiger partial charge in [0, 0.05) is 5.69 Å². The van der Waals surface area contributed by atoms with Crippen molar-refractivity contribution in [3.63, 3.8) is 0 Å². The second kappa shape index (κ2) is 5.49. The topological polar surface area (TPSA) is 80.0 Å². The first-order chi connectivity index (χ1) is 9.11. The van der Waals surface area contributed by atoms with Crippen LogP contribution in [-0.4, -0.2) is 10.9 Å². The molecule has 1 aromatic carbocycles. The molecule has 2 aromatic rings. The molecule has 19 heavy (non-hydrogen) atoms. The quantitative estimate of drug-likeness (QED) is 0.581. The van der Waals surface area contributed by atoms with Gasteiger partial charge in [0.25, 0.3) is 5.91 Å². The van der Waals surface area contributed by atoms with E-state index in [0.717, 1.165) is 16.8 Å². The number of carbonyl (C=O) groups is 1. The zero-order valence-corrected chi connectivity index (χ0v) is 10.9. The van der Waals surface area contributed by atoms with Gasteiger partial charge in [-0.25, -0.2) is 4.98 Å². The van der Waals surface area contributed by atoms with Gasteiger partial charge < -0.3 is 10.7 Å². The molecule has 4 N–H and O–H groups in total. The number of anilines is 2. The number of nitrogens with one attached hydrogen (secondary N) is 2. The Balaban J connectivity index is 2.20. The van der Waals surface area contributed by atoms with Crippen LogP contribution in [0.3, 0.4) is 0 Å². The van der Waals surface area contributed by atoms with Gasteiger partial charge in [-0.3, -0.25) is 10.6 Å². The molecule has 1 aromatic heterocycles. The average molecular weight is 256 g/mol. The highest BCUT2D eigenvalue weighted by Crippen LogP contribution is 2.20. The van der Waals surface area contributed by atoms with Crippen molar-refractivity contribution in [1.29, 1.82) is 0 Å². The Hall–Kier alpha value is -2.40. The molecule has 5 heteroatoms. The highest BCUT2D eigenvalue weighted by molar-refractivity contribution is 6.03. The number of aromatic nitrogens is 1. The van der Waals surface area contributed by atoms with Crippen molar-refractivity contribution >= 4 is 17.3 Å². The van der Waals surface area contributed by atoms with Crippen LogP contribution in [0.25, 0.3) is 0 Å². The molecule has 0 aliphatic carbocycles. The molecule has 0 saturated heterocycles. The van der Waals surface area contributed by atoms with Crippen LogP contribution >= 0.6 is 0 Å². The van der Waals surface area contributed by atoms with E-state index in [1.54, 1.807) is 12.1 Å². The van der Waals surface area contributed by atoms with E-state index in [9.17, 15) is 4.79 Å². The molecule has 0 aliphatic rings. The molecule has 0 aliphatic heterocycles. The Morgan fingerprint density at radius 2 is 1.84 bits per heavy atom. The Morgan fingerprint density at radius 3 is 2.37 bits per heavy atom. The Kier molecular flexibility index (Phi) is 3.77. The molecule has 0 spiro atoms. The second-order valence-corrected chi connectivity index (χ2v) is 4.30. The number of nitrogens with two attached hydrogens (primary N) is 1. The van der Waals surface area contributed by atoms with E-state index in [1.165, 1.54) is 6.20 Å². The largest absolute Gasteiger partial charge is 0.323 e. The number of carbonyl (C=O) groups excluding carboxylic acids is 1. The summed E-state index contributed by atoms with van der Waals surface area (Å²) < 4.78 is 0. The first-order valence-electron chi connectivity index (χ1n) is 5.92. The van der Waals surface area contributed by atoms with Crippen LogP contribution in [0.2, 0.25) is 0 Å². The number of pyridine rings is 1. The third-order valence-corrected chi connectivity index (χ3v) is 2.88. The van der Waals surface area contributed by atoms with Gasteiger partial charge in [0.2, 0.25) is 0 Å². The van der Waals surface area contributed by atoms with Crippen LogP contribution in [-0.2, 0) is 0 Å². The summed E-state index contributed by atoms with van der Waals surface area (Å²) in [4.78, 5) is 16.1. The zero-order chi connectivity index (χ0) is 13.8. The molecule has 2 rings (SSSR count). The minimum absolute atomic E-state index is 0.235. The smallest absolute Gasteiger partial charge is 0.274 e. The molecule has 98 valence electrons. The summed E-state index contributed by atoms with van der Waals surface area (Å²) in [5.41, 5.74) is 6.34. The van der Waals surface area contributed by atoms with Gasteiger partial charge >= 0.3 is 0 Å². The number of hydrazine groups is 1. The van der Waals surface area contributed by atoms with E-state index in [2.05, 4.69) is 15.7 Å². The minimum atomic E-state index is -0.235. The summed E-state index contributed by atoms with van der Waals surface area (Å²) in [6, 6.07) is 9.19. The number of aryl methyl sites for hydroxylation is 2. The SMILES string of the molecule is Cc1cccc(C)c1NC(=O)c1ccc(NN)cn1. The Morgan fingerprint density at radius 1 is 1.16 bits per heavy atom. The van der Waals surface area contributed by atoms with Crippen molar-refractivity contribution in [3.8, 4) is 0 Å². The van der Waals surface area contributed by atoms with Crippen LogP contribution in [0.1, 0.15) is 21.6 Å². The van der Waals surface area contributed by atoms with Crippen molar-refractivity contribution in [3.05, 3.63) is 53.3 Å². The maximum atomic E-state index is 12.1. The summed E-state index contributed by atoms with van der Waals surface area (Å²) in [7, 11) is 0. The second-order valence-electron chi connectivity index (χ2n) is 4.30. The predicted molar refractivity (Wildman–Crippen MR) is 75.9 cm³/mol. The van der Waals surface area contributed by atoms with E-state index < -0.39 is 0 Å². The van der Waals surface area contributed by atoms with E-state index in [-0.39, 0.29) is 5.91 Å². The van der Waals surface area contributed by atoms with Crippen LogP contribution < -0.4 is 16.6 Å². The van der Waals surface area contributed by atoms with Crippen molar-refractivity contribution < 1.29 is 4.79 Å². The fraction of sp³-hybridized carbons (Fsp3) is 0.143. The third kappa shape index (κ3) is 2.89. The average Bonchev–Trinajstić information content (AvgIpc) is 2.43.